The van der Waals surface area contributed by atoms with E-state index in [1.165, 1.54) is 32.5 Å². The lowest BCUT2D eigenvalue weighted by atomic mass is 10.00. The molecule has 0 aliphatic heterocycles. The quantitative estimate of drug-likeness (QED) is 0.326. The highest BCUT2D eigenvalue weighted by Gasteiger charge is 2.28. The zero-order valence-corrected chi connectivity index (χ0v) is 21.7. The van der Waals surface area contributed by atoms with Gasteiger partial charge in [0, 0.05) is 16.6 Å². The maximum absolute atomic E-state index is 13.6. The second-order valence-electron chi connectivity index (χ2n) is 8.28. The fourth-order valence-electron chi connectivity index (χ4n) is 4.14. The molecule has 2 aromatic carbocycles. The molecule has 184 valence electrons. The number of carbonyl (C=O) groups excluding carboxylic acids is 1. The van der Waals surface area contributed by atoms with Gasteiger partial charge in [-0.15, -0.1) is 11.3 Å². The molecule has 0 spiro atoms. The number of pyridine rings is 1. The summed E-state index contributed by atoms with van der Waals surface area (Å²) >= 11 is 7.76. The molecule has 36 heavy (non-hydrogen) atoms. The van der Waals surface area contributed by atoms with Crippen molar-refractivity contribution in [1.82, 2.24) is 4.57 Å². The van der Waals surface area contributed by atoms with Gasteiger partial charge in [-0.05, 0) is 55.2 Å². The summed E-state index contributed by atoms with van der Waals surface area (Å²) in [5, 5.41) is 21.8. The normalized spacial score (nSPS) is 10.9. The van der Waals surface area contributed by atoms with Gasteiger partial charge in [0.2, 0.25) is 11.7 Å². The molecule has 7 nitrogen and oxygen atoms in total. The Labute approximate surface area is 216 Å². The first-order valence-electron chi connectivity index (χ1n) is 11.0. The maximum atomic E-state index is 13.6. The van der Waals surface area contributed by atoms with E-state index in [1.54, 1.807) is 12.1 Å². The van der Waals surface area contributed by atoms with E-state index in [4.69, 9.17) is 21.1 Å². The van der Waals surface area contributed by atoms with Gasteiger partial charge in [-0.1, -0.05) is 29.8 Å². The second kappa shape index (κ2) is 10.1. The Kier molecular flexibility index (Phi) is 7.07. The van der Waals surface area contributed by atoms with Crippen molar-refractivity contribution in [1.29, 1.82) is 5.26 Å². The number of nitriles is 1. The topological polar surface area (TPSA) is 102 Å². The summed E-state index contributed by atoms with van der Waals surface area (Å²) in [5.74, 6) is 0.0576. The van der Waals surface area contributed by atoms with Gasteiger partial charge in [-0.2, -0.15) is 5.26 Å². The lowest BCUT2D eigenvalue weighted by Gasteiger charge is -2.16. The van der Waals surface area contributed by atoms with Crippen LogP contribution in [-0.2, 0) is 13.0 Å². The second-order valence-corrected chi connectivity index (χ2v) is 9.71. The van der Waals surface area contributed by atoms with Crippen molar-refractivity contribution in [2.45, 2.75) is 26.8 Å². The summed E-state index contributed by atoms with van der Waals surface area (Å²) in [5.41, 5.74) is 0.989. The number of ketones is 1. The number of thiophene rings is 1. The zero-order valence-electron chi connectivity index (χ0n) is 20.1. The SMILES string of the molecule is COc1ccc(CCn2c(O)c(C(=O)c3sc4cc(C)ccc4c3Cl)c(C)c(C#N)c2=O)cc1OC. The molecule has 9 heteroatoms. The summed E-state index contributed by atoms with van der Waals surface area (Å²) in [6.07, 6.45) is 0.332. The Hall–Kier alpha value is -3.80. The molecule has 0 fully saturated rings. The lowest BCUT2D eigenvalue weighted by molar-refractivity contribution is 0.103. The number of aromatic hydroxyl groups is 1. The van der Waals surface area contributed by atoms with Crippen molar-refractivity contribution < 1.29 is 19.4 Å². The smallest absolute Gasteiger partial charge is 0.271 e. The van der Waals surface area contributed by atoms with Crippen molar-refractivity contribution in [3.05, 3.63) is 84.5 Å². The highest BCUT2D eigenvalue weighted by molar-refractivity contribution is 7.21. The van der Waals surface area contributed by atoms with E-state index in [0.717, 1.165) is 25.8 Å². The molecule has 2 heterocycles. The highest BCUT2D eigenvalue weighted by atomic mass is 35.5. The first-order valence-corrected chi connectivity index (χ1v) is 12.2. The third kappa shape index (κ3) is 4.32. The predicted octanol–water partition coefficient (Wildman–Crippen LogP) is 5.40. The number of rotatable bonds is 7. The number of aromatic nitrogens is 1. The van der Waals surface area contributed by atoms with E-state index in [1.807, 2.05) is 37.3 Å². The van der Waals surface area contributed by atoms with Gasteiger partial charge in [0.15, 0.2) is 11.5 Å². The van der Waals surface area contributed by atoms with Crippen LogP contribution >= 0.6 is 22.9 Å². The number of fused-ring (bicyclic) bond motifs is 1. The number of halogens is 1. The molecular formula is C27H23ClN2O5S. The van der Waals surface area contributed by atoms with Gasteiger partial charge in [0.05, 0.1) is 29.7 Å². The molecule has 4 rings (SSSR count). The van der Waals surface area contributed by atoms with Gasteiger partial charge in [0.25, 0.3) is 5.56 Å². The predicted molar refractivity (Wildman–Crippen MR) is 140 cm³/mol. The molecule has 0 atom stereocenters. The molecule has 4 aromatic rings. The average molecular weight is 523 g/mol. The van der Waals surface area contributed by atoms with Gasteiger partial charge in [-0.25, -0.2) is 0 Å². The first kappa shape index (κ1) is 25.3. The van der Waals surface area contributed by atoms with Gasteiger partial charge in [-0.3, -0.25) is 14.2 Å². The summed E-state index contributed by atoms with van der Waals surface area (Å²) < 4.78 is 12.5. The van der Waals surface area contributed by atoms with E-state index in [0.29, 0.717) is 17.9 Å². The minimum Gasteiger partial charge on any atom is -0.494 e. The van der Waals surface area contributed by atoms with Crippen LogP contribution in [0.2, 0.25) is 5.02 Å². The standard InChI is InChI=1S/C27H23ClN2O5S/c1-14-5-7-17-21(11-14)36-25(23(17)28)24(31)22-15(2)18(13-29)26(32)30(27(22)33)10-9-16-6-8-19(34-3)20(12-16)35-4/h5-8,11-12,33H,9-10H2,1-4H3. The summed E-state index contributed by atoms with van der Waals surface area (Å²) in [7, 11) is 3.06. The Morgan fingerprint density at radius 2 is 1.86 bits per heavy atom. The number of benzene rings is 2. The van der Waals surface area contributed by atoms with E-state index in [-0.39, 0.29) is 33.1 Å². The molecule has 2 aromatic heterocycles. The fraction of sp³-hybridized carbons (Fsp3) is 0.222. The molecule has 0 saturated heterocycles. The van der Waals surface area contributed by atoms with Crippen LogP contribution in [-0.4, -0.2) is 29.7 Å². The Morgan fingerprint density at radius 3 is 2.53 bits per heavy atom. The molecule has 1 N–H and O–H groups in total. The molecule has 0 amide bonds. The van der Waals surface area contributed by atoms with E-state index < -0.39 is 17.2 Å². The summed E-state index contributed by atoms with van der Waals surface area (Å²) in [6, 6.07) is 12.9. The Bertz CT molecular complexity index is 1610. The Morgan fingerprint density at radius 1 is 1.14 bits per heavy atom. The minimum atomic E-state index is -0.664. The van der Waals surface area contributed by atoms with Crippen molar-refractivity contribution in [3.63, 3.8) is 0 Å². The van der Waals surface area contributed by atoms with Crippen LogP contribution in [0.1, 0.15) is 37.5 Å². The molecule has 0 unspecified atom stereocenters. The van der Waals surface area contributed by atoms with Gasteiger partial charge in [0.1, 0.15) is 11.6 Å². The summed E-state index contributed by atoms with van der Waals surface area (Å²) in [4.78, 5) is 26.9. The van der Waals surface area contributed by atoms with Crippen LogP contribution in [0.15, 0.2) is 41.2 Å². The first-order chi connectivity index (χ1) is 17.2. The van der Waals surface area contributed by atoms with Crippen LogP contribution in [0, 0.1) is 25.2 Å². The molecule has 0 bridgehead atoms. The number of ether oxygens (including phenoxy) is 2. The molecule has 0 radical (unpaired) electrons. The number of aryl methyl sites for hydroxylation is 2. The van der Waals surface area contributed by atoms with Crippen molar-refractivity contribution in [2.75, 3.05) is 14.2 Å². The van der Waals surface area contributed by atoms with Gasteiger partial charge < -0.3 is 14.6 Å². The van der Waals surface area contributed by atoms with Gasteiger partial charge >= 0.3 is 0 Å². The monoisotopic (exact) mass is 522 g/mol. The van der Waals surface area contributed by atoms with E-state index >= 15 is 0 Å². The minimum absolute atomic E-state index is 0.0364. The van der Waals surface area contributed by atoms with Crippen LogP contribution < -0.4 is 15.0 Å². The number of hydrogen-bond donors (Lipinski definition) is 1. The van der Waals surface area contributed by atoms with Crippen molar-refractivity contribution in [2.24, 2.45) is 0 Å². The van der Waals surface area contributed by atoms with Crippen molar-refractivity contribution in [3.8, 4) is 23.4 Å². The number of nitrogens with zero attached hydrogens (tertiary/aromatic N) is 2. The average Bonchev–Trinajstić information content (AvgIpc) is 3.19. The molecule has 0 aliphatic rings. The summed E-state index contributed by atoms with van der Waals surface area (Å²) in [6.45, 7) is 3.46. The third-order valence-corrected chi connectivity index (χ3v) is 7.75. The Balaban J connectivity index is 1.79. The number of hydrogen-bond acceptors (Lipinski definition) is 7. The van der Waals surface area contributed by atoms with Crippen LogP contribution in [0.4, 0.5) is 0 Å². The lowest BCUT2D eigenvalue weighted by Crippen LogP contribution is -2.27. The largest absolute Gasteiger partial charge is 0.494 e. The number of methoxy groups -OCH3 is 2. The van der Waals surface area contributed by atoms with Crippen LogP contribution in [0.5, 0.6) is 17.4 Å². The molecule has 0 saturated carbocycles. The van der Waals surface area contributed by atoms with Crippen LogP contribution in [0.25, 0.3) is 10.1 Å². The maximum Gasteiger partial charge on any atom is 0.271 e. The highest BCUT2D eigenvalue weighted by Crippen LogP contribution is 2.39. The molecule has 0 aliphatic carbocycles. The fourth-order valence-corrected chi connectivity index (χ4v) is 5.70. The van der Waals surface area contributed by atoms with E-state index in [2.05, 4.69) is 0 Å². The third-order valence-electron chi connectivity index (χ3n) is 6.09. The van der Waals surface area contributed by atoms with Crippen molar-refractivity contribution >= 4 is 38.8 Å². The number of carbonyl (C=O) groups is 1. The zero-order chi connectivity index (χ0) is 26.1. The molecular weight excluding hydrogens is 500 g/mol. The van der Waals surface area contributed by atoms with Crippen LogP contribution in [0.3, 0.4) is 0 Å². The van der Waals surface area contributed by atoms with E-state index in [9.17, 15) is 20.0 Å².